The summed E-state index contributed by atoms with van der Waals surface area (Å²) in [5, 5.41) is 2.92. The van der Waals surface area contributed by atoms with E-state index in [1.54, 1.807) is 24.3 Å². The smallest absolute Gasteiger partial charge is 0.264 e. The molecular formula is C26H30N2O5S. The first-order valence-electron chi connectivity index (χ1n) is 10.9. The Labute approximate surface area is 201 Å². The number of hydrogen-bond acceptors (Lipinski definition) is 5. The number of para-hydroxylation sites is 1. The van der Waals surface area contributed by atoms with E-state index in [4.69, 9.17) is 9.47 Å². The normalized spacial score (nSPS) is 11.1. The first-order chi connectivity index (χ1) is 16.2. The van der Waals surface area contributed by atoms with Gasteiger partial charge in [0.15, 0.2) is 11.5 Å². The fourth-order valence-corrected chi connectivity index (χ4v) is 5.08. The highest BCUT2D eigenvalue weighted by Crippen LogP contribution is 2.32. The number of hydrogen-bond donors (Lipinski definition) is 1. The second-order valence-electron chi connectivity index (χ2n) is 7.87. The van der Waals surface area contributed by atoms with Crippen molar-refractivity contribution in [3.05, 3.63) is 77.4 Å². The molecule has 1 amide bonds. The highest BCUT2D eigenvalue weighted by molar-refractivity contribution is 7.92. The number of methoxy groups -OCH3 is 2. The lowest BCUT2D eigenvalue weighted by atomic mass is 10.1. The molecule has 0 aliphatic rings. The quantitative estimate of drug-likeness (QED) is 0.477. The monoisotopic (exact) mass is 482 g/mol. The summed E-state index contributed by atoms with van der Waals surface area (Å²) in [6.07, 6.45) is 0.739. The zero-order valence-electron chi connectivity index (χ0n) is 20.1. The van der Waals surface area contributed by atoms with E-state index in [2.05, 4.69) is 5.32 Å². The van der Waals surface area contributed by atoms with Gasteiger partial charge in [0.05, 0.1) is 24.8 Å². The Balaban J connectivity index is 2.01. The summed E-state index contributed by atoms with van der Waals surface area (Å²) in [6, 6.07) is 17.1. The van der Waals surface area contributed by atoms with Crippen molar-refractivity contribution >= 4 is 27.3 Å². The van der Waals surface area contributed by atoms with Crippen LogP contribution in [0.5, 0.6) is 11.5 Å². The van der Waals surface area contributed by atoms with Gasteiger partial charge >= 0.3 is 0 Å². The third-order valence-electron chi connectivity index (χ3n) is 5.56. The van der Waals surface area contributed by atoms with Gasteiger partial charge in [-0.2, -0.15) is 0 Å². The molecule has 7 nitrogen and oxygen atoms in total. The van der Waals surface area contributed by atoms with Crippen LogP contribution in [0.25, 0.3) is 0 Å². The molecular weight excluding hydrogens is 452 g/mol. The molecule has 0 heterocycles. The van der Waals surface area contributed by atoms with Crippen LogP contribution in [0, 0.1) is 13.8 Å². The third kappa shape index (κ3) is 5.34. The van der Waals surface area contributed by atoms with Crippen LogP contribution in [0.15, 0.2) is 65.6 Å². The van der Waals surface area contributed by atoms with Crippen LogP contribution >= 0.6 is 0 Å². The summed E-state index contributed by atoms with van der Waals surface area (Å²) in [5.41, 5.74) is 3.97. The van der Waals surface area contributed by atoms with E-state index in [0.717, 1.165) is 27.4 Å². The van der Waals surface area contributed by atoms with Crippen LogP contribution in [0.3, 0.4) is 0 Å². The van der Waals surface area contributed by atoms with Crippen LogP contribution < -0.4 is 19.1 Å². The SMILES string of the molecule is CCc1cccc(C)c1NC(=O)CN(c1ccc(C)cc1)S(=O)(=O)c1ccc(OC)c(OC)c1. The van der Waals surface area contributed by atoms with Crippen LogP contribution in [0.4, 0.5) is 11.4 Å². The van der Waals surface area contributed by atoms with Gasteiger partial charge in [-0.05, 0) is 55.7 Å². The Morgan fingerprint density at radius 3 is 2.24 bits per heavy atom. The maximum atomic E-state index is 13.7. The number of carbonyl (C=O) groups is 1. The van der Waals surface area contributed by atoms with Crippen molar-refractivity contribution in [1.82, 2.24) is 0 Å². The highest BCUT2D eigenvalue weighted by atomic mass is 32.2. The average molecular weight is 483 g/mol. The number of amides is 1. The number of carbonyl (C=O) groups excluding carboxylic acids is 1. The van der Waals surface area contributed by atoms with Gasteiger partial charge in [-0.3, -0.25) is 9.10 Å². The summed E-state index contributed by atoms with van der Waals surface area (Å²) < 4.78 is 39.0. The van der Waals surface area contributed by atoms with Crippen LogP contribution in [-0.4, -0.2) is 35.1 Å². The van der Waals surface area contributed by atoms with Gasteiger partial charge in [-0.1, -0.05) is 42.8 Å². The van der Waals surface area contributed by atoms with Crippen molar-refractivity contribution in [1.29, 1.82) is 0 Å². The zero-order valence-corrected chi connectivity index (χ0v) is 20.9. The van der Waals surface area contributed by atoms with Crippen LogP contribution in [-0.2, 0) is 21.2 Å². The molecule has 3 aromatic carbocycles. The number of sulfonamides is 1. The van der Waals surface area contributed by atoms with Crippen LogP contribution in [0.1, 0.15) is 23.6 Å². The number of benzene rings is 3. The van der Waals surface area contributed by atoms with Gasteiger partial charge < -0.3 is 14.8 Å². The maximum Gasteiger partial charge on any atom is 0.264 e. The molecule has 3 rings (SSSR count). The number of nitrogens with one attached hydrogen (secondary N) is 1. The molecule has 0 saturated carbocycles. The number of nitrogens with zero attached hydrogens (tertiary/aromatic N) is 1. The number of anilines is 2. The van der Waals surface area contributed by atoms with Gasteiger partial charge in [0.25, 0.3) is 10.0 Å². The minimum absolute atomic E-state index is 0.0105. The molecule has 0 spiro atoms. The van der Waals surface area contributed by atoms with Crippen LogP contribution in [0.2, 0.25) is 0 Å². The summed E-state index contributed by atoms with van der Waals surface area (Å²) >= 11 is 0. The lowest BCUT2D eigenvalue weighted by Crippen LogP contribution is -2.38. The molecule has 0 fully saturated rings. The predicted octanol–water partition coefficient (Wildman–Crippen LogP) is 4.72. The Morgan fingerprint density at radius 2 is 1.62 bits per heavy atom. The third-order valence-corrected chi connectivity index (χ3v) is 7.33. The number of ether oxygens (including phenoxy) is 2. The summed E-state index contributed by atoms with van der Waals surface area (Å²) in [5.74, 6) is 0.255. The first kappa shape index (κ1) is 25.1. The second kappa shape index (κ2) is 10.6. The Morgan fingerprint density at radius 1 is 0.941 bits per heavy atom. The van der Waals surface area contributed by atoms with Crippen molar-refractivity contribution in [3.8, 4) is 11.5 Å². The predicted molar refractivity (Wildman–Crippen MR) is 134 cm³/mol. The van der Waals surface area contributed by atoms with Gasteiger partial charge in [-0.15, -0.1) is 0 Å². The zero-order chi connectivity index (χ0) is 24.9. The standard InChI is InChI=1S/C26H30N2O5S/c1-6-20-9-7-8-19(3)26(20)27-25(29)17-28(21-12-10-18(2)11-13-21)34(30,31)22-14-15-23(32-4)24(16-22)33-5/h7-16H,6,17H2,1-5H3,(H,27,29). The minimum atomic E-state index is -4.10. The molecule has 1 N–H and O–H groups in total. The molecule has 0 aromatic heterocycles. The van der Waals surface area contributed by atoms with E-state index in [9.17, 15) is 13.2 Å². The lowest BCUT2D eigenvalue weighted by molar-refractivity contribution is -0.114. The van der Waals surface area contributed by atoms with Crippen molar-refractivity contribution in [2.75, 3.05) is 30.4 Å². The maximum absolute atomic E-state index is 13.7. The topological polar surface area (TPSA) is 84.9 Å². The summed E-state index contributed by atoms with van der Waals surface area (Å²) in [4.78, 5) is 13.1. The van der Waals surface area contributed by atoms with Crippen molar-refractivity contribution < 1.29 is 22.7 Å². The highest BCUT2D eigenvalue weighted by Gasteiger charge is 2.28. The van der Waals surface area contributed by atoms with E-state index in [1.807, 2.05) is 39.0 Å². The molecule has 8 heteroatoms. The van der Waals surface area contributed by atoms with Crippen molar-refractivity contribution in [3.63, 3.8) is 0 Å². The minimum Gasteiger partial charge on any atom is -0.493 e. The molecule has 0 aliphatic heterocycles. The Hall–Kier alpha value is -3.52. The molecule has 34 heavy (non-hydrogen) atoms. The molecule has 0 unspecified atom stereocenters. The number of rotatable bonds is 9. The number of aryl methyl sites for hydroxylation is 3. The Kier molecular flexibility index (Phi) is 7.83. The van der Waals surface area contributed by atoms with Gasteiger partial charge in [0.2, 0.25) is 5.91 Å². The molecule has 0 saturated heterocycles. The average Bonchev–Trinajstić information content (AvgIpc) is 2.83. The van der Waals surface area contributed by atoms with E-state index < -0.39 is 22.5 Å². The first-order valence-corrected chi connectivity index (χ1v) is 12.3. The summed E-state index contributed by atoms with van der Waals surface area (Å²) in [7, 11) is -1.19. The molecule has 0 bridgehead atoms. The van der Waals surface area contributed by atoms with Gasteiger partial charge in [0.1, 0.15) is 6.54 Å². The molecule has 0 aliphatic carbocycles. The Bertz CT molecular complexity index is 1270. The van der Waals surface area contributed by atoms with Gasteiger partial charge in [0, 0.05) is 11.8 Å². The molecule has 180 valence electrons. The van der Waals surface area contributed by atoms with Crippen molar-refractivity contribution in [2.45, 2.75) is 32.1 Å². The van der Waals surface area contributed by atoms with E-state index in [-0.39, 0.29) is 10.6 Å². The largest absolute Gasteiger partial charge is 0.493 e. The molecule has 0 atom stereocenters. The molecule has 0 radical (unpaired) electrons. The summed E-state index contributed by atoms with van der Waals surface area (Å²) in [6.45, 7) is 5.43. The van der Waals surface area contributed by atoms with Crippen molar-refractivity contribution in [2.24, 2.45) is 0 Å². The lowest BCUT2D eigenvalue weighted by Gasteiger charge is -2.25. The van der Waals surface area contributed by atoms with Gasteiger partial charge in [-0.25, -0.2) is 8.42 Å². The molecule has 3 aromatic rings. The van der Waals surface area contributed by atoms with E-state index in [1.165, 1.54) is 32.4 Å². The second-order valence-corrected chi connectivity index (χ2v) is 9.74. The van der Waals surface area contributed by atoms with E-state index >= 15 is 0 Å². The fourth-order valence-electron chi connectivity index (χ4n) is 3.64. The van der Waals surface area contributed by atoms with E-state index in [0.29, 0.717) is 17.1 Å². The fraction of sp³-hybridized carbons (Fsp3) is 0.269.